The average molecular weight is 228 g/mol. The Morgan fingerprint density at radius 1 is 1.25 bits per heavy atom. The molecule has 1 aromatic rings. The Bertz CT molecular complexity index is 349. The van der Waals surface area contributed by atoms with Crippen molar-refractivity contribution < 1.29 is 8.78 Å². The van der Waals surface area contributed by atoms with Gasteiger partial charge in [0, 0.05) is 18.3 Å². The maximum atomic E-state index is 12.8. The van der Waals surface area contributed by atoms with E-state index >= 15 is 0 Å². The number of hydrogen-bond donors (Lipinski definition) is 2. The van der Waals surface area contributed by atoms with Gasteiger partial charge in [0.1, 0.15) is 0 Å². The van der Waals surface area contributed by atoms with Crippen molar-refractivity contribution in [2.24, 2.45) is 5.73 Å². The first-order valence-electron chi connectivity index (χ1n) is 5.21. The highest BCUT2D eigenvalue weighted by molar-refractivity contribution is 5.51. The highest BCUT2D eigenvalue weighted by atomic mass is 19.2. The smallest absolute Gasteiger partial charge is 0.160 e. The third-order valence-corrected chi connectivity index (χ3v) is 1.81. The molecular weight excluding hydrogens is 210 g/mol. The highest BCUT2D eigenvalue weighted by Crippen LogP contribution is 2.18. The summed E-state index contributed by atoms with van der Waals surface area (Å²) in [6.07, 6.45) is 3.07. The van der Waals surface area contributed by atoms with Gasteiger partial charge in [-0.15, -0.1) is 0 Å². The van der Waals surface area contributed by atoms with Crippen LogP contribution in [0.3, 0.4) is 0 Å². The molecule has 0 radical (unpaired) electrons. The zero-order valence-corrected chi connectivity index (χ0v) is 9.85. The molecule has 0 aliphatic carbocycles. The van der Waals surface area contributed by atoms with Crippen LogP contribution in [0, 0.1) is 18.6 Å². The minimum absolute atomic E-state index is 0.489. The maximum Gasteiger partial charge on any atom is 0.160 e. The average Bonchev–Trinajstić information content (AvgIpc) is 2.28. The Labute approximate surface area is 95.2 Å². The normalized spacial score (nSPS) is 9.81. The molecule has 0 aromatic heterocycles. The predicted octanol–water partition coefficient (Wildman–Crippen LogP) is 3.18. The zero-order valence-electron chi connectivity index (χ0n) is 9.85. The van der Waals surface area contributed by atoms with E-state index in [0.29, 0.717) is 17.8 Å². The molecular formula is C12H18F2N2. The van der Waals surface area contributed by atoms with E-state index in [2.05, 4.69) is 5.32 Å². The monoisotopic (exact) mass is 228 g/mol. The molecule has 0 heterocycles. The minimum Gasteiger partial charge on any atom is -0.405 e. The highest BCUT2D eigenvalue weighted by Gasteiger charge is 2.05. The van der Waals surface area contributed by atoms with Crippen molar-refractivity contribution in [2.75, 3.05) is 11.9 Å². The van der Waals surface area contributed by atoms with Crippen LogP contribution in [0.2, 0.25) is 0 Å². The van der Waals surface area contributed by atoms with Gasteiger partial charge in [-0.05, 0) is 30.8 Å². The van der Waals surface area contributed by atoms with Crippen LogP contribution in [0.15, 0.2) is 24.4 Å². The molecule has 2 nitrogen and oxygen atoms in total. The number of hydrogen-bond acceptors (Lipinski definition) is 2. The molecule has 0 aliphatic heterocycles. The Kier molecular flexibility index (Phi) is 6.92. The molecule has 0 fully saturated rings. The van der Waals surface area contributed by atoms with Crippen molar-refractivity contribution in [3.05, 3.63) is 41.6 Å². The maximum absolute atomic E-state index is 12.8. The minimum atomic E-state index is -0.852. The SMILES string of the molecule is CC.Cc1cc(F)c(F)cc1NC/C=C\N. The van der Waals surface area contributed by atoms with Crippen LogP contribution >= 0.6 is 0 Å². The van der Waals surface area contributed by atoms with E-state index in [-0.39, 0.29) is 0 Å². The summed E-state index contributed by atoms with van der Waals surface area (Å²) in [7, 11) is 0. The van der Waals surface area contributed by atoms with Crippen LogP contribution in [0.25, 0.3) is 0 Å². The molecule has 0 spiro atoms. The number of aryl methyl sites for hydroxylation is 1. The first-order valence-corrected chi connectivity index (χ1v) is 5.21. The Morgan fingerprint density at radius 2 is 1.81 bits per heavy atom. The van der Waals surface area contributed by atoms with Crippen LogP contribution in [0.1, 0.15) is 19.4 Å². The third kappa shape index (κ3) is 4.29. The molecule has 16 heavy (non-hydrogen) atoms. The molecule has 3 N–H and O–H groups in total. The fourth-order valence-corrected chi connectivity index (χ4v) is 1.07. The molecule has 0 saturated heterocycles. The molecule has 0 saturated carbocycles. The van der Waals surface area contributed by atoms with Gasteiger partial charge in [-0.1, -0.05) is 13.8 Å². The number of nitrogens with one attached hydrogen (secondary N) is 1. The van der Waals surface area contributed by atoms with Gasteiger partial charge in [0.05, 0.1) is 0 Å². The Morgan fingerprint density at radius 3 is 2.38 bits per heavy atom. The van der Waals surface area contributed by atoms with Gasteiger partial charge in [0.15, 0.2) is 11.6 Å². The zero-order chi connectivity index (χ0) is 12.6. The van der Waals surface area contributed by atoms with E-state index in [1.165, 1.54) is 6.20 Å². The van der Waals surface area contributed by atoms with Gasteiger partial charge in [-0.3, -0.25) is 0 Å². The molecule has 0 amide bonds. The lowest BCUT2D eigenvalue weighted by atomic mass is 10.2. The predicted molar refractivity (Wildman–Crippen MR) is 64.3 cm³/mol. The summed E-state index contributed by atoms with van der Waals surface area (Å²) in [6, 6.07) is 2.29. The lowest BCUT2D eigenvalue weighted by Gasteiger charge is -2.07. The Hall–Kier alpha value is -1.58. The number of benzene rings is 1. The van der Waals surface area contributed by atoms with Gasteiger partial charge in [0.25, 0.3) is 0 Å². The van der Waals surface area contributed by atoms with Crippen LogP contribution in [0.4, 0.5) is 14.5 Å². The van der Waals surface area contributed by atoms with E-state index in [1.807, 2.05) is 13.8 Å². The van der Waals surface area contributed by atoms with Crippen LogP contribution in [-0.2, 0) is 0 Å². The number of halogens is 2. The fourth-order valence-electron chi connectivity index (χ4n) is 1.07. The molecule has 0 bridgehead atoms. The molecule has 1 aromatic carbocycles. The first kappa shape index (κ1) is 14.4. The van der Waals surface area contributed by atoms with Crippen molar-refractivity contribution in [1.82, 2.24) is 0 Å². The third-order valence-electron chi connectivity index (χ3n) is 1.81. The van der Waals surface area contributed by atoms with Gasteiger partial charge < -0.3 is 11.1 Å². The standard InChI is InChI=1S/C10H12F2N2.C2H6/c1-7-5-8(11)9(12)6-10(7)14-4-2-3-13;1-2/h2-3,5-6,14H,4,13H2,1H3;1-2H3/b3-2-;. The van der Waals surface area contributed by atoms with Crippen LogP contribution < -0.4 is 11.1 Å². The molecule has 0 unspecified atom stereocenters. The van der Waals surface area contributed by atoms with E-state index in [0.717, 1.165) is 12.1 Å². The second-order valence-corrected chi connectivity index (χ2v) is 2.89. The van der Waals surface area contributed by atoms with E-state index in [1.54, 1.807) is 13.0 Å². The summed E-state index contributed by atoms with van der Waals surface area (Å²) in [5.74, 6) is -1.68. The lowest BCUT2D eigenvalue weighted by molar-refractivity contribution is 0.508. The molecule has 1 rings (SSSR count). The lowest BCUT2D eigenvalue weighted by Crippen LogP contribution is -2.02. The van der Waals surface area contributed by atoms with E-state index < -0.39 is 11.6 Å². The summed E-state index contributed by atoms with van der Waals surface area (Å²) >= 11 is 0. The van der Waals surface area contributed by atoms with Crippen LogP contribution in [-0.4, -0.2) is 6.54 Å². The first-order chi connectivity index (χ1) is 7.65. The molecule has 4 heteroatoms. The van der Waals surface area contributed by atoms with Gasteiger partial charge in [-0.2, -0.15) is 0 Å². The second kappa shape index (κ2) is 7.68. The number of nitrogens with two attached hydrogens (primary N) is 1. The van der Waals surface area contributed by atoms with E-state index in [9.17, 15) is 8.78 Å². The quantitative estimate of drug-likeness (QED) is 0.833. The van der Waals surface area contributed by atoms with Crippen molar-refractivity contribution >= 4 is 5.69 Å². The van der Waals surface area contributed by atoms with Crippen molar-refractivity contribution in [1.29, 1.82) is 0 Å². The summed E-state index contributed by atoms with van der Waals surface area (Å²) in [5, 5.41) is 2.91. The second-order valence-electron chi connectivity index (χ2n) is 2.89. The fraction of sp³-hybridized carbons (Fsp3) is 0.333. The van der Waals surface area contributed by atoms with Crippen molar-refractivity contribution in [2.45, 2.75) is 20.8 Å². The summed E-state index contributed by atoms with van der Waals surface area (Å²) in [6.45, 7) is 6.19. The van der Waals surface area contributed by atoms with Gasteiger partial charge in [-0.25, -0.2) is 8.78 Å². The number of anilines is 1. The molecule has 90 valence electrons. The Balaban J connectivity index is 0.00000106. The number of rotatable bonds is 3. The van der Waals surface area contributed by atoms with Crippen molar-refractivity contribution in [3.8, 4) is 0 Å². The largest absolute Gasteiger partial charge is 0.405 e. The van der Waals surface area contributed by atoms with E-state index in [4.69, 9.17) is 5.73 Å². The van der Waals surface area contributed by atoms with Gasteiger partial charge >= 0.3 is 0 Å². The topological polar surface area (TPSA) is 38.0 Å². The summed E-state index contributed by atoms with van der Waals surface area (Å²) < 4.78 is 25.5. The molecule has 0 atom stereocenters. The summed E-state index contributed by atoms with van der Waals surface area (Å²) in [4.78, 5) is 0. The van der Waals surface area contributed by atoms with Gasteiger partial charge in [0.2, 0.25) is 0 Å². The van der Waals surface area contributed by atoms with Crippen molar-refractivity contribution in [3.63, 3.8) is 0 Å². The molecule has 0 aliphatic rings. The summed E-state index contributed by atoms with van der Waals surface area (Å²) in [5.41, 5.74) is 6.36. The van der Waals surface area contributed by atoms with Crippen LogP contribution in [0.5, 0.6) is 0 Å².